The maximum absolute atomic E-state index is 10.5. The molecule has 19 heavy (non-hydrogen) atoms. The largest absolute Gasteiger partial charge is 0.450 e. The number of hydrogen-bond donors (Lipinski definition) is 2. The van der Waals surface area contributed by atoms with Crippen LogP contribution in [0, 0.1) is 6.92 Å². The molecular weight excluding hydrogens is 248 g/mol. The van der Waals surface area contributed by atoms with Gasteiger partial charge in [-0.15, -0.1) is 0 Å². The maximum Gasteiger partial charge on any atom is 0.404 e. The van der Waals surface area contributed by atoms with E-state index in [0.29, 0.717) is 24.6 Å². The van der Waals surface area contributed by atoms with Crippen LogP contribution in [0.5, 0.6) is 0 Å². The Labute approximate surface area is 110 Å². The molecular formula is C11H16N6O2. The van der Waals surface area contributed by atoms with Crippen LogP contribution in [0.3, 0.4) is 0 Å². The van der Waals surface area contributed by atoms with Gasteiger partial charge in [0, 0.05) is 12.6 Å². The molecule has 2 heterocycles. The molecule has 0 spiro atoms. The molecule has 8 heteroatoms. The minimum Gasteiger partial charge on any atom is -0.450 e. The molecule has 0 saturated heterocycles. The third kappa shape index (κ3) is 2.90. The summed E-state index contributed by atoms with van der Waals surface area (Å²) < 4.78 is 6.34. The van der Waals surface area contributed by atoms with E-state index in [1.165, 1.54) is 0 Å². The average molecular weight is 264 g/mol. The van der Waals surface area contributed by atoms with Gasteiger partial charge < -0.3 is 15.8 Å². The quantitative estimate of drug-likeness (QED) is 0.761. The topological polar surface area (TPSA) is 107 Å². The number of hydrogen-bond acceptors (Lipinski definition) is 6. The molecule has 2 aromatic heterocycles. The lowest BCUT2D eigenvalue weighted by molar-refractivity contribution is 0.155. The summed E-state index contributed by atoms with van der Waals surface area (Å²) in [7, 11) is 1.78. The van der Waals surface area contributed by atoms with E-state index >= 15 is 0 Å². The van der Waals surface area contributed by atoms with Crippen LogP contribution in [0.15, 0.2) is 6.20 Å². The summed E-state index contributed by atoms with van der Waals surface area (Å²) in [6, 6.07) is 0. The smallest absolute Gasteiger partial charge is 0.404 e. The lowest BCUT2D eigenvalue weighted by atomic mass is 10.2. The first-order valence-electron chi connectivity index (χ1n) is 5.93. The van der Waals surface area contributed by atoms with Crippen LogP contribution in [-0.2, 0) is 11.2 Å². The Hall–Kier alpha value is -2.38. The van der Waals surface area contributed by atoms with Gasteiger partial charge in [-0.25, -0.2) is 9.78 Å². The number of nitrogens with two attached hydrogens (primary N) is 1. The van der Waals surface area contributed by atoms with Crippen molar-refractivity contribution in [2.45, 2.75) is 19.8 Å². The highest BCUT2D eigenvalue weighted by Gasteiger charge is 2.10. The molecule has 0 aliphatic carbocycles. The van der Waals surface area contributed by atoms with Gasteiger partial charge in [0.2, 0.25) is 5.95 Å². The third-order valence-corrected chi connectivity index (χ3v) is 2.61. The number of fused-ring (bicyclic) bond motifs is 1. The number of anilines is 1. The molecule has 1 amide bonds. The van der Waals surface area contributed by atoms with E-state index in [1.54, 1.807) is 17.8 Å². The van der Waals surface area contributed by atoms with Gasteiger partial charge in [-0.1, -0.05) is 0 Å². The third-order valence-electron chi connectivity index (χ3n) is 2.61. The molecule has 3 N–H and O–H groups in total. The molecule has 0 bridgehead atoms. The zero-order valence-electron chi connectivity index (χ0n) is 10.9. The van der Waals surface area contributed by atoms with E-state index in [0.717, 1.165) is 11.2 Å². The predicted molar refractivity (Wildman–Crippen MR) is 68.9 cm³/mol. The van der Waals surface area contributed by atoms with Gasteiger partial charge in [0.1, 0.15) is 5.82 Å². The summed E-state index contributed by atoms with van der Waals surface area (Å²) in [6.45, 7) is 2.11. The van der Waals surface area contributed by atoms with Crippen molar-refractivity contribution in [2.24, 2.45) is 5.73 Å². The second-order valence-electron chi connectivity index (χ2n) is 4.02. The molecule has 0 aliphatic heterocycles. The van der Waals surface area contributed by atoms with Crippen LogP contribution in [0.25, 0.3) is 5.65 Å². The van der Waals surface area contributed by atoms with E-state index < -0.39 is 6.09 Å². The Balaban J connectivity index is 2.15. The molecule has 8 nitrogen and oxygen atoms in total. The molecule has 2 aromatic rings. The summed E-state index contributed by atoms with van der Waals surface area (Å²) in [6.07, 6.45) is 2.36. The van der Waals surface area contributed by atoms with Crippen LogP contribution < -0.4 is 11.1 Å². The molecule has 2 rings (SSSR count). The van der Waals surface area contributed by atoms with Crippen molar-refractivity contribution < 1.29 is 9.53 Å². The van der Waals surface area contributed by atoms with Crippen LogP contribution in [0.1, 0.15) is 17.8 Å². The van der Waals surface area contributed by atoms with Crippen molar-refractivity contribution in [3.63, 3.8) is 0 Å². The lowest BCUT2D eigenvalue weighted by Gasteiger charge is -2.04. The number of carbonyl (C=O) groups excluding carboxylic acids is 1. The monoisotopic (exact) mass is 264 g/mol. The highest BCUT2D eigenvalue weighted by molar-refractivity contribution is 5.64. The van der Waals surface area contributed by atoms with E-state index in [2.05, 4.69) is 25.1 Å². The number of primary amides is 1. The molecule has 0 atom stereocenters. The Morgan fingerprint density at radius 3 is 3.00 bits per heavy atom. The standard InChI is InChI=1S/C11H16N6O2/c1-7-15-9-8(4-3-5-19-10(12)18)6-14-17(9)11(13-2)16-7/h6H,3-5H2,1-2H3,(H2,12,18)(H,13,15,16). The Morgan fingerprint density at radius 1 is 1.53 bits per heavy atom. The average Bonchev–Trinajstić information content (AvgIpc) is 2.76. The molecule has 0 radical (unpaired) electrons. The normalized spacial score (nSPS) is 10.6. The minimum atomic E-state index is -0.754. The van der Waals surface area contributed by atoms with Gasteiger partial charge in [-0.2, -0.15) is 14.6 Å². The van der Waals surface area contributed by atoms with Crippen LogP contribution in [0.2, 0.25) is 0 Å². The van der Waals surface area contributed by atoms with Gasteiger partial charge >= 0.3 is 6.09 Å². The molecule has 0 saturated carbocycles. The summed E-state index contributed by atoms with van der Waals surface area (Å²) in [4.78, 5) is 19.1. The van der Waals surface area contributed by atoms with E-state index in [9.17, 15) is 4.79 Å². The zero-order valence-corrected chi connectivity index (χ0v) is 10.9. The Morgan fingerprint density at radius 2 is 2.32 bits per heavy atom. The molecule has 0 fully saturated rings. The molecule has 0 aliphatic rings. The summed E-state index contributed by atoms with van der Waals surface area (Å²) >= 11 is 0. The minimum absolute atomic E-state index is 0.287. The van der Waals surface area contributed by atoms with E-state index in [4.69, 9.17) is 5.73 Å². The van der Waals surface area contributed by atoms with Gasteiger partial charge in [0.15, 0.2) is 5.65 Å². The van der Waals surface area contributed by atoms with Crippen LogP contribution in [0.4, 0.5) is 10.7 Å². The summed E-state index contributed by atoms with van der Waals surface area (Å²) in [5.41, 5.74) is 6.64. The second-order valence-corrected chi connectivity index (χ2v) is 4.02. The van der Waals surface area contributed by atoms with Gasteiger partial charge in [0.25, 0.3) is 0 Å². The molecule has 0 aromatic carbocycles. The Bertz CT molecular complexity index is 594. The Kier molecular flexibility index (Phi) is 3.79. The second kappa shape index (κ2) is 5.51. The fraction of sp³-hybridized carbons (Fsp3) is 0.455. The predicted octanol–water partition coefficient (Wildman–Crippen LogP) is 0.502. The number of ether oxygens (including phenoxy) is 1. The highest BCUT2D eigenvalue weighted by atomic mass is 16.5. The highest BCUT2D eigenvalue weighted by Crippen LogP contribution is 2.14. The SMILES string of the molecule is CNc1nc(C)nc2c(CCCOC(N)=O)cnn12. The lowest BCUT2D eigenvalue weighted by Crippen LogP contribution is -2.14. The number of aryl methyl sites for hydroxylation is 2. The molecule has 102 valence electrons. The fourth-order valence-electron chi connectivity index (χ4n) is 1.80. The van der Waals surface area contributed by atoms with Gasteiger partial charge in [0.05, 0.1) is 12.8 Å². The van der Waals surface area contributed by atoms with E-state index in [-0.39, 0.29) is 6.61 Å². The van der Waals surface area contributed by atoms with Crippen molar-refractivity contribution in [3.8, 4) is 0 Å². The number of carbonyl (C=O) groups is 1. The first-order chi connectivity index (χ1) is 9.11. The van der Waals surface area contributed by atoms with E-state index in [1.807, 2.05) is 6.92 Å². The molecule has 0 unspecified atom stereocenters. The van der Waals surface area contributed by atoms with Crippen molar-refractivity contribution in [1.82, 2.24) is 19.6 Å². The first kappa shape index (κ1) is 13.1. The van der Waals surface area contributed by atoms with Crippen LogP contribution >= 0.6 is 0 Å². The fourth-order valence-corrected chi connectivity index (χ4v) is 1.80. The maximum atomic E-state index is 10.5. The number of nitrogens with one attached hydrogen (secondary N) is 1. The van der Waals surface area contributed by atoms with Crippen molar-refractivity contribution in [3.05, 3.63) is 17.6 Å². The first-order valence-corrected chi connectivity index (χ1v) is 5.93. The van der Waals surface area contributed by atoms with Crippen molar-refractivity contribution >= 4 is 17.7 Å². The van der Waals surface area contributed by atoms with Crippen molar-refractivity contribution in [1.29, 1.82) is 0 Å². The number of nitrogens with zero attached hydrogens (tertiary/aromatic N) is 4. The van der Waals surface area contributed by atoms with Crippen molar-refractivity contribution in [2.75, 3.05) is 19.0 Å². The van der Waals surface area contributed by atoms with Crippen LogP contribution in [-0.4, -0.2) is 39.3 Å². The van der Waals surface area contributed by atoms with Gasteiger partial charge in [-0.05, 0) is 19.8 Å². The summed E-state index contributed by atoms with van der Waals surface area (Å²) in [5, 5.41) is 7.21. The van der Waals surface area contributed by atoms with Gasteiger partial charge in [-0.3, -0.25) is 0 Å². The number of aromatic nitrogens is 4. The number of rotatable bonds is 5. The number of amides is 1. The zero-order chi connectivity index (χ0) is 13.8. The summed E-state index contributed by atoms with van der Waals surface area (Å²) in [5.74, 6) is 1.31.